The Bertz CT molecular complexity index is 701. The zero-order valence-corrected chi connectivity index (χ0v) is 12.1. The SMILES string of the molecule is Cc1ccc2nc(CCc3ccc(N)cc3)[nH]c2c1.[Cl-]. The first kappa shape index (κ1) is 14.4. The predicted octanol–water partition coefficient (Wildman–Crippen LogP) is 0.243. The second kappa shape index (κ2) is 5.97. The highest BCUT2D eigenvalue weighted by Crippen LogP contribution is 2.15. The molecule has 0 bridgehead atoms. The number of H-pyrrole nitrogens is 1. The monoisotopic (exact) mass is 286 g/mol. The molecule has 20 heavy (non-hydrogen) atoms. The molecule has 0 radical (unpaired) electrons. The molecule has 1 aromatic heterocycles. The fraction of sp³-hybridized carbons (Fsp3) is 0.188. The number of nitrogen functional groups attached to an aromatic ring is 1. The minimum absolute atomic E-state index is 0. The maximum absolute atomic E-state index is 5.68. The summed E-state index contributed by atoms with van der Waals surface area (Å²) in [5.74, 6) is 1.04. The largest absolute Gasteiger partial charge is 1.00 e. The van der Waals surface area contributed by atoms with Gasteiger partial charge in [0.15, 0.2) is 0 Å². The summed E-state index contributed by atoms with van der Waals surface area (Å²) in [4.78, 5) is 7.99. The summed E-state index contributed by atoms with van der Waals surface area (Å²) in [6, 6.07) is 14.3. The second-order valence-corrected chi connectivity index (χ2v) is 4.95. The fourth-order valence-electron chi connectivity index (χ4n) is 2.24. The van der Waals surface area contributed by atoms with Crippen LogP contribution in [-0.4, -0.2) is 9.97 Å². The van der Waals surface area contributed by atoms with Gasteiger partial charge in [0, 0.05) is 12.1 Å². The van der Waals surface area contributed by atoms with E-state index in [2.05, 4.69) is 47.2 Å². The third kappa shape index (κ3) is 3.11. The van der Waals surface area contributed by atoms with E-state index in [1.54, 1.807) is 0 Å². The van der Waals surface area contributed by atoms with E-state index in [9.17, 15) is 0 Å². The minimum Gasteiger partial charge on any atom is -1.00 e. The van der Waals surface area contributed by atoms with Crippen molar-refractivity contribution in [3.8, 4) is 0 Å². The molecule has 0 unspecified atom stereocenters. The number of benzene rings is 2. The number of rotatable bonds is 3. The van der Waals surface area contributed by atoms with Crippen LogP contribution in [0.4, 0.5) is 5.69 Å². The van der Waals surface area contributed by atoms with Crippen LogP contribution in [0.25, 0.3) is 11.0 Å². The lowest BCUT2D eigenvalue weighted by atomic mass is 10.1. The number of aromatic amines is 1. The van der Waals surface area contributed by atoms with Crippen LogP contribution in [0.1, 0.15) is 17.0 Å². The number of aryl methyl sites for hydroxylation is 3. The van der Waals surface area contributed by atoms with Crippen molar-refractivity contribution in [1.29, 1.82) is 0 Å². The highest BCUT2D eigenvalue weighted by Gasteiger charge is 2.03. The Morgan fingerprint density at radius 2 is 1.80 bits per heavy atom. The molecule has 3 N–H and O–H groups in total. The van der Waals surface area contributed by atoms with Gasteiger partial charge in [-0.25, -0.2) is 4.98 Å². The van der Waals surface area contributed by atoms with Gasteiger partial charge in [-0.2, -0.15) is 0 Å². The predicted molar refractivity (Wildman–Crippen MR) is 79.1 cm³/mol. The topological polar surface area (TPSA) is 54.7 Å². The van der Waals surface area contributed by atoms with Gasteiger partial charge in [-0.05, 0) is 48.7 Å². The van der Waals surface area contributed by atoms with E-state index in [0.29, 0.717) is 0 Å². The molecule has 3 nitrogen and oxygen atoms in total. The molecule has 0 aliphatic rings. The van der Waals surface area contributed by atoms with Gasteiger partial charge in [-0.15, -0.1) is 0 Å². The van der Waals surface area contributed by atoms with Crippen molar-refractivity contribution < 1.29 is 12.4 Å². The summed E-state index contributed by atoms with van der Waals surface area (Å²) in [6.07, 6.45) is 1.89. The summed E-state index contributed by atoms with van der Waals surface area (Å²) in [5.41, 5.74) is 11.2. The van der Waals surface area contributed by atoms with Gasteiger partial charge in [0.1, 0.15) is 5.82 Å². The maximum atomic E-state index is 5.68. The normalized spacial score (nSPS) is 10.4. The summed E-state index contributed by atoms with van der Waals surface area (Å²) in [7, 11) is 0. The number of nitrogens with two attached hydrogens (primary N) is 1. The number of fused-ring (bicyclic) bond motifs is 1. The average Bonchev–Trinajstić information content (AvgIpc) is 2.80. The second-order valence-electron chi connectivity index (χ2n) is 4.95. The molecule has 0 saturated heterocycles. The van der Waals surface area contributed by atoms with Gasteiger partial charge in [-0.1, -0.05) is 18.2 Å². The molecule has 0 atom stereocenters. The van der Waals surface area contributed by atoms with Crippen molar-refractivity contribution in [3.63, 3.8) is 0 Å². The molecule has 0 amide bonds. The van der Waals surface area contributed by atoms with Gasteiger partial charge in [0.25, 0.3) is 0 Å². The van der Waals surface area contributed by atoms with E-state index in [0.717, 1.165) is 35.4 Å². The highest BCUT2D eigenvalue weighted by atomic mass is 35.5. The Kier molecular flexibility index (Phi) is 4.30. The number of hydrogen-bond acceptors (Lipinski definition) is 2. The lowest BCUT2D eigenvalue weighted by molar-refractivity contribution is -0.00000411. The number of imidazole rings is 1. The van der Waals surface area contributed by atoms with Crippen LogP contribution < -0.4 is 18.1 Å². The van der Waals surface area contributed by atoms with Crippen LogP contribution in [0, 0.1) is 6.92 Å². The first-order valence-electron chi connectivity index (χ1n) is 6.50. The third-order valence-corrected chi connectivity index (χ3v) is 3.32. The fourth-order valence-corrected chi connectivity index (χ4v) is 2.24. The van der Waals surface area contributed by atoms with Crippen molar-refractivity contribution >= 4 is 16.7 Å². The van der Waals surface area contributed by atoms with Crippen LogP contribution in [0.3, 0.4) is 0 Å². The van der Waals surface area contributed by atoms with Crippen LogP contribution >= 0.6 is 0 Å². The molecule has 0 spiro atoms. The average molecular weight is 287 g/mol. The van der Waals surface area contributed by atoms with E-state index < -0.39 is 0 Å². The molecule has 104 valence electrons. The van der Waals surface area contributed by atoms with Crippen molar-refractivity contribution in [2.75, 3.05) is 5.73 Å². The first-order valence-corrected chi connectivity index (χ1v) is 6.50. The van der Waals surface area contributed by atoms with Gasteiger partial charge < -0.3 is 23.1 Å². The minimum atomic E-state index is 0. The zero-order valence-electron chi connectivity index (χ0n) is 11.4. The van der Waals surface area contributed by atoms with E-state index in [1.165, 1.54) is 11.1 Å². The number of halogens is 1. The lowest BCUT2D eigenvalue weighted by Crippen LogP contribution is -3.00. The van der Waals surface area contributed by atoms with Crippen LogP contribution in [0.2, 0.25) is 0 Å². The first-order chi connectivity index (χ1) is 9.20. The summed E-state index contributed by atoms with van der Waals surface area (Å²) >= 11 is 0. The van der Waals surface area contributed by atoms with Gasteiger partial charge in [-0.3, -0.25) is 0 Å². The Balaban J connectivity index is 0.00000147. The molecule has 0 fully saturated rings. The molecular weight excluding hydrogens is 270 g/mol. The van der Waals surface area contributed by atoms with Crippen molar-refractivity contribution in [2.45, 2.75) is 19.8 Å². The number of anilines is 1. The van der Waals surface area contributed by atoms with Gasteiger partial charge >= 0.3 is 0 Å². The zero-order chi connectivity index (χ0) is 13.2. The standard InChI is InChI=1S/C16H17N3.ClH/c1-11-2-8-14-15(10-11)19-16(18-14)9-5-12-3-6-13(17)7-4-12;/h2-4,6-8,10H,5,9,17H2,1H3,(H,18,19);1H/p-1. The maximum Gasteiger partial charge on any atom is 0.107 e. The highest BCUT2D eigenvalue weighted by molar-refractivity contribution is 5.75. The van der Waals surface area contributed by atoms with Crippen LogP contribution in [-0.2, 0) is 12.8 Å². The Hall–Kier alpha value is -2.00. The summed E-state index contributed by atoms with van der Waals surface area (Å²) in [6.45, 7) is 2.09. The molecule has 4 heteroatoms. The molecule has 3 rings (SSSR count). The quantitative estimate of drug-likeness (QED) is 0.678. The Morgan fingerprint density at radius 1 is 1.05 bits per heavy atom. The number of nitrogens with zero attached hydrogens (tertiary/aromatic N) is 1. The van der Waals surface area contributed by atoms with Crippen molar-refractivity contribution in [3.05, 3.63) is 59.4 Å². The lowest BCUT2D eigenvalue weighted by Gasteiger charge is -1.99. The molecule has 1 heterocycles. The van der Waals surface area contributed by atoms with Gasteiger partial charge in [0.05, 0.1) is 11.0 Å². The molecule has 2 aromatic carbocycles. The Morgan fingerprint density at radius 3 is 2.55 bits per heavy atom. The molecular formula is C16H17ClN3-. The van der Waals surface area contributed by atoms with E-state index in [4.69, 9.17) is 5.73 Å². The number of hydrogen-bond donors (Lipinski definition) is 2. The molecule has 3 aromatic rings. The molecule has 0 aliphatic heterocycles. The van der Waals surface area contributed by atoms with E-state index in [1.807, 2.05) is 12.1 Å². The number of nitrogens with one attached hydrogen (secondary N) is 1. The third-order valence-electron chi connectivity index (χ3n) is 3.32. The van der Waals surface area contributed by atoms with E-state index >= 15 is 0 Å². The smallest absolute Gasteiger partial charge is 0.107 e. The molecule has 0 aliphatic carbocycles. The van der Waals surface area contributed by atoms with Gasteiger partial charge in [0.2, 0.25) is 0 Å². The Labute approximate surface area is 124 Å². The van der Waals surface area contributed by atoms with Crippen molar-refractivity contribution in [1.82, 2.24) is 9.97 Å². The summed E-state index contributed by atoms with van der Waals surface area (Å²) < 4.78 is 0. The van der Waals surface area contributed by atoms with Crippen LogP contribution in [0.15, 0.2) is 42.5 Å². The van der Waals surface area contributed by atoms with Crippen molar-refractivity contribution in [2.24, 2.45) is 0 Å². The van der Waals surface area contributed by atoms with Crippen LogP contribution in [0.5, 0.6) is 0 Å². The number of aromatic nitrogens is 2. The summed E-state index contributed by atoms with van der Waals surface area (Å²) in [5, 5.41) is 0. The van der Waals surface area contributed by atoms with E-state index in [-0.39, 0.29) is 12.4 Å². The molecule has 0 saturated carbocycles.